The molecule has 1 fully saturated rings. The van der Waals surface area contributed by atoms with Crippen molar-refractivity contribution < 1.29 is 14.7 Å². The molecular formula is C13H14BrNO3. The van der Waals surface area contributed by atoms with Crippen molar-refractivity contribution in [3.8, 4) is 0 Å². The van der Waals surface area contributed by atoms with Crippen LogP contribution in [0.15, 0.2) is 28.7 Å². The molecule has 1 amide bonds. The highest BCUT2D eigenvalue weighted by molar-refractivity contribution is 9.10. The molecular weight excluding hydrogens is 298 g/mol. The monoisotopic (exact) mass is 311 g/mol. The van der Waals surface area contributed by atoms with Gasteiger partial charge < -0.3 is 10.0 Å². The maximum atomic E-state index is 12.4. The zero-order chi connectivity index (χ0) is 13.3. The smallest absolute Gasteiger partial charge is 0.329 e. The number of carboxylic acid groups (broad SMARTS) is 1. The number of carbonyl (C=O) groups is 2. The van der Waals surface area contributed by atoms with E-state index in [1.54, 1.807) is 25.1 Å². The van der Waals surface area contributed by atoms with Gasteiger partial charge in [0.2, 0.25) is 0 Å². The van der Waals surface area contributed by atoms with Crippen LogP contribution in [-0.4, -0.2) is 34.0 Å². The van der Waals surface area contributed by atoms with Crippen molar-refractivity contribution in [2.45, 2.75) is 25.3 Å². The van der Waals surface area contributed by atoms with Crippen LogP contribution in [0.1, 0.15) is 30.1 Å². The van der Waals surface area contributed by atoms with Crippen LogP contribution in [-0.2, 0) is 4.79 Å². The Morgan fingerprint density at radius 2 is 2.06 bits per heavy atom. The number of nitrogens with zero attached hydrogens (tertiary/aromatic N) is 1. The summed E-state index contributed by atoms with van der Waals surface area (Å²) in [5.74, 6) is -1.18. The number of aliphatic carboxylic acids is 1. The molecule has 1 N–H and O–H groups in total. The summed E-state index contributed by atoms with van der Waals surface area (Å²) < 4.78 is 0.689. The molecule has 0 saturated carbocycles. The number of likely N-dealkylation sites (tertiary alicyclic amines) is 1. The van der Waals surface area contributed by atoms with Crippen molar-refractivity contribution in [2.24, 2.45) is 0 Å². The van der Waals surface area contributed by atoms with Gasteiger partial charge in [0.05, 0.1) is 5.56 Å². The van der Waals surface area contributed by atoms with Crippen LogP contribution >= 0.6 is 15.9 Å². The molecule has 1 aromatic rings. The van der Waals surface area contributed by atoms with Gasteiger partial charge in [-0.25, -0.2) is 4.79 Å². The van der Waals surface area contributed by atoms with Crippen molar-refractivity contribution in [3.05, 3.63) is 34.3 Å². The molecule has 5 heteroatoms. The Hall–Kier alpha value is -1.36. The molecule has 96 valence electrons. The summed E-state index contributed by atoms with van der Waals surface area (Å²) in [5, 5.41) is 9.30. The minimum Gasteiger partial charge on any atom is -0.480 e. The first-order valence-corrected chi connectivity index (χ1v) is 6.56. The number of carbonyl (C=O) groups excluding carboxylic acids is 1. The molecule has 1 atom stereocenters. The number of carboxylic acids is 1. The predicted molar refractivity (Wildman–Crippen MR) is 70.5 cm³/mol. The van der Waals surface area contributed by atoms with Gasteiger partial charge in [-0.05, 0) is 47.8 Å². The first kappa shape index (κ1) is 13.1. The fourth-order valence-electron chi connectivity index (χ4n) is 2.29. The first-order chi connectivity index (χ1) is 8.47. The molecule has 0 aliphatic carbocycles. The van der Waals surface area contributed by atoms with Crippen LogP contribution in [0.25, 0.3) is 0 Å². The van der Waals surface area contributed by atoms with Crippen LogP contribution in [0.2, 0.25) is 0 Å². The SMILES string of the molecule is C[C@@]1(C(=O)O)CCCN1C(=O)c1ccccc1Br. The van der Waals surface area contributed by atoms with Crippen LogP contribution in [0.3, 0.4) is 0 Å². The second-order valence-corrected chi connectivity index (χ2v) is 5.47. The zero-order valence-corrected chi connectivity index (χ0v) is 11.6. The van der Waals surface area contributed by atoms with E-state index in [-0.39, 0.29) is 5.91 Å². The van der Waals surface area contributed by atoms with Crippen molar-refractivity contribution in [3.63, 3.8) is 0 Å². The molecule has 1 aliphatic heterocycles. The Morgan fingerprint density at radius 1 is 1.39 bits per heavy atom. The lowest BCUT2D eigenvalue weighted by Gasteiger charge is -2.31. The van der Waals surface area contributed by atoms with E-state index in [1.807, 2.05) is 6.07 Å². The molecule has 0 spiro atoms. The highest BCUT2D eigenvalue weighted by atomic mass is 79.9. The minimum absolute atomic E-state index is 0.232. The van der Waals surface area contributed by atoms with Crippen LogP contribution < -0.4 is 0 Å². The van der Waals surface area contributed by atoms with Gasteiger partial charge in [-0.1, -0.05) is 12.1 Å². The molecule has 0 aromatic heterocycles. The number of hydrogen-bond acceptors (Lipinski definition) is 2. The van der Waals surface area contributed by atoms with Gasteiger partial charge in [0.15, 0.2) is 0 Å². The number of hydrogen-bond donors (Lipinski definition) is 1. The molecule has 0 radical (unpaired) electrons. The Bertz CT molecular complexity index is 503. The van der Waals surface area contributed by atoms with Crippen molar-refractivity contribution in [1.29, 1.82) is 0 Å². The minimum atomic E-state index is -1.09. The van der Waals surface area contributed by atoms with Gasteiger partial charge in [0, 0.05) is 11.0 Å². The highest BCUT2D eigenvalue weighted by Gasteiger charge is 2.46. The average Bonchev–Trinajstić information content (AvgIpc) is 2.72. The third-order valence-corrected chi connectivity index (χ3v) is 4.14. The predicted octanol–water partition coefficient (Wildman–Crippen LogP) is 2.53. The maximum Gasteiger partial charge on any atom is 0.329 e. The van der Waals surface area contributed by atoms with Crippen LogP contribution in [0, 0.1) is 0 Å². The molecule has 1 heterocycles. The van der Waals surface area contributed by atoms with E-state index < -0.39 is 11.5 Å². The molecule has 1 aliphatic rings. The van der Waals surface area contributed by atoms with E-state index in [2.05, 4.69) is 15.9 Å². The summed E-state index contributed by atoms with van der Waals surface area (Å²) in [4.78, 5) is 25.2. The lowest BCUT2D eigenvalue weighted by atomic mass is 9.98. The van der Waals surface area contributed by atoms with E-state index in [1.165, 1.54) is 4.90 Å². The van der Waals surface area contributed by atoms with Crippen LogP contribution in [0.5, 0.6) is 0 Å². The summed E-state index contributed by atoms with van der Waals surface area (Å²) in [6.07, 6.45) is 1.22. The number of rotatable bonds is 2. The first-order valence-electron chi connectivity index (χ1n) is 5.77. The lowest BCUT2D eigenvalue weighted by Crippen LogP contribution is -2.50. The summed E-state index contributed by atoms with van der Waals surface area (Å²) in [6.45, 7) is 2.10. The van der Waals surface area contributed by atoms with Crippen molar-refractivity contribution in [2.75, 3.05) is 6.54 Å². The largest absolute Gasteiger partial charge is 0.480 e. The fraction of sp³-hybridized carbons (Fsp3) is 0.385. The molecule has 4 nitrogen and oxygen atoms in total. The molecule has 0 bridgehead atoms. The van der Waals surface area contributed by atoms with Gasteiger partial charge in [0.25, 0.3) is 5.91 Å². The van der Waals surface area contributed by atoms with Gasteiger partial charge >= 0.3 is 5.97 Å². The molecule has 0 unspecified atom stereocenters. The van der Waals surface area contributed by atoms with Crippen molar-refractivity contribution in [1.82, 2.24) is 4.90 Å². The van der Waals surface area contributed by atoms with E-state index in [4.69, 9.17) is 0 Å². The number of amides is 1. The normalized spacial score (nSPS) is 23.1. The topological polar surface area (TPSA) is 57.6 Å². The summed E-state index contributed by atoms with van der Waals surface area (Å²) in [7, 11) is 0. The van der Waals surface area contributed by atoms with E-state index >= 15 is 0 Å². The third kappa shape index (κ3) is 2.03. The second-order valence-electron chi connectivity index (χ2n) is 4.62. The van der Waals surface area contributed by atoms with Gasteiger partial charge in [-0.15, -0.1) is 0 Å². The van der Waals surface area contributed by atoms with Crippen molar-refractivity contribution >= 4 is 27.8 Å². The number of halogens is 1. The Balaban J connectivity index is 2.35. The molecule has 1 aromatic carbocycles. The quantitative estimate of drug-likeness (QED) is 0.913. The van der Waals surface area contributed by atoms with E-state index in [9.17, 15) is 14.7 Å². The third-order valence-electron chi connectivity index (χ3n) is 3.45. The Kier molecular flexibility index (Phi) is 3.43. The number of benzene rings is 1. The lowest BCUT2D eigenvalue weighted by molar-refractivity contribution is -0.147. The maximum absolute atomic E-state index is 12.4. The summed E-state index contributed by atoms with van der Waals surface area (Å²) in [6, 6.07) is 7.07. The summed E-state index contributed by atoms with van der Waals surface area (Å²) >= 11 is 3.32. The Morgan fingerprint density at radius 3 is 2.67 bits per heavy atom. The zero-order valence-electron chi connectivity index (χ0n) is 10.0. The average molecular weight is 312 g/mol. The molecule has 2 rings (SSSR count). The standard InChI is InChI=1S/C13H14BrNO3/c1-13(12(17)18)7-4-8-15(13)11(16)9-5-2-3-6-10(9)14/h2-3,5-6H,4,7-8H2,1H3,(H,17,18)/t13-/m0/s1. The fourth-order valence-corrected chi connectivity index (χ4v) is 2.75. The van der Waals surface area contributed by atoms with Gasteiger partial charge in [-0.2, -0.15) is 0 Å². The van der Waals surface area contributed by atoms with Gasteiger partial charge in [-0.3, -0.25) is 4.79 Å². The van der Waals surface area contributed by atoms with Gasteiger partial charge in [0.1, 0.15) is 5.54 Å². The van der Waals surface area contributed by atoms with E-state index in [0.29, 0.717) is 23.0 Å². The van der Waals surface area contributed by atoms with Crippen LogP contribution in [0.4, 0.5) is 0 Å². The molecule has 18 heavy (non-hydrogen) atoms. The summed E-state index contributed by atoms with van der Waals surface area (Å²) in [5.41, 5.74) is -0.585. The molecule has 1 saturated heterocycles. The highest BCUT2D eigenvalue weighted by Crippen LogP contribution is 2.32. The Labute approximate surface area is 114 Å². The second kappa shape index (κ2) is 4.72. The van der Waals surface area contributed by atoms with E-state index in [0.717, 1.165) is 6.42 Å².